The number of hydrogen-bond donors (Lipinski definition) is 1. The van der Waals surface area contributed by atoms with Gasteiger partial charge in [0, 0.05) is 39.3 Å². The van der Waals surface area contributed by atoms with Crippen LogP contribution in [0.25, 0.3) is 0 Å². The third-order valence-electron chi connectivity index (χ3n) is 4.01. The monoisotopic (exact) mass is 239 g/mol. The lowest BCUT2D eigenvalue weighted by atomic mass is 9.76. The van der Waals surface area contributed by atoms with Crippen molar-refractivity contribution in [2.75, 3.05) is 45.8 Å². The minimum Gasteiger partial charge on any atom is -0.339 e. The summed E-state index contributed by atoms with van der Waals surface area (Å²) in [5, 5.41) is 3.27. The van der Waals surface area contributed by atoms with Crippen LogP contribution >= 0.6 is 0 Å². The molecule has 4 heteroatoms. The first-order valence-electron chi connectivity index (χ1n) is 6.67. The predicted molar refractivity (Wildman–Crippen MR) is 68.8 cm³/mol. The van der Waals surface area contributed by atoms with E-state index in [4.69, 9.17) is 0 Å². The molecule has 0 saturated carbocycles. The normalized spacial score (nSPS) is 23.6. The number of amides is 1. The molecule has 0 aromatic carbocycles. The van der Waals surface area contributed by atoms with Crippen LogP contribution in [0.15, 0.2) is 0 Å². The smallest absolute Gasteiger partial charge is 0.236 e. The molecule has 0 aliphatic carbocycles. The molecule has 2 fully saturated rings. The zero-order valence-electron chi connectivity index (χ0n) is 11.3. The van der Waals surface area contributed by atoms with E-state index in [0.717, 1.165) is 45.2 Å². The molecule has 0 aromatic heterocycles. The molecule has 4 nitrogen and oxygen atoms in total. The van der Waals surface area contributed by atoms with Gasteiger partial charge < -0.3 is 10.2 Å². The number of rotatable bonds is 2. The SMILES string of the molecule is CC(C)(C)C1CN(CC(=O)N2CCNCC2)C1. The molecule has 0 aromatic rings. The van der Waals surface area contributed by atoms with E-state index >= 15 is 0 Å². The van der Waals surface area contributed by atoms with E-state index in [1.165, 1.54) is 0 Å². The molecule has 0 atom stereocenters. The Kier molecular flexibility index (Phi) is 3.73. The van der Waals surface area contributed by atoms with Crippen molar-refractivity contribution in [2.45, 2.75) is 20.8 Å². The van der Waals surface area contributed by atoms with Gasteiger partial charge in [-0.05, 0) is 11.3 Å². The highest BCUT2D eigenvalue weighted by Gasteiger charge is 2.36. The Morgan fingerprint density at radius 2 is 1.82 bits per heavy atom. The largest absolute Gasteiger partial charge is 0.339 e. The lowest BCUT2D eigenvalue weighted by Crippen LogP contribution is -2.56. The molecule has 2 aliphatic heterocycles. The van der Waals surface area contributed by atoms with Gasteiger partial charge in [0.1, 0.15) is 0 Å². The van der Waals surface area contributed by atoms with Crippen LogP contribution in [0.3, 0.4) is 0 Å². The highest BCUT2D eigenvalue weighted by atomic mass is 16.2. The molecule has 0 radical (unpaired) electrons. The molecule has 0 unspecified atom stereocenters. The summed E-state index contributed by atoms with van der Waals surface area (Å²) in [4.78, 5) is 16.3. The van der Waals surface area contributed by atoms with Crippen molar-refractivity contribution in [1.29, 1.82) is 0 Å². The number of carbonyl (C=O) groups is 1. The predicted octanol–water partition coefficient (Wildman–Crippen LogP) is 0.396. The van der Waals surface area contributed by atoms with Gasteiger partial charge in [-0.3, -0.25) is 9.69 Å². The van der Waals surface area contributed by atoms with Gasteiger partial charge in [-0.2, -0.15) is 0 Å². The molecule has 1 N–H and O–H groups in total. The second-order valence-corrected chi connectivity index (χ2v) is 6.39. The van der Waals surface area contributed by atoms with Gasteiger partial charge in [-0.25, -0.2) is 0 Å². The van der Waals surface area contributed by atoms with E-state index in [1.54, 1.807) is 0 Å². The van der Waals surface area contributed by atoms with Gasteiger partial charge in [0.2, 0.25) is 5.91 Å². The Morgan fingerprint density at radius 1 is 1.24 bits per heavy atom. The highest BCUT2D eigenvalue weighted by molar-refractivity contribution is 5.78. The maximum absolute atomic E-state index is 12.0. The number of piperazine rings is 1. The Labute approximate surface area is 104 Å². The second-order valence-electron chi connectivity index (χ2n) is 6.39. The minimum atomic E-state index is 0.304. The number of carbonyl (C=O) groups excluding carboxylic acids is 1. The molecule has 2 aliphatic rings. The molecule has 0 bridgehead atoms. The molecule has 0 spiro atoms. The molecule has 2 heterocycles. The zero-order chi connectivity index (χ0) is 12.5. The zero-order valence-corrected chi connectivity index (χ0v) is 11.3. The van der Waals surface area contributed by atoms with E-state index in [2.05, 4.69) is 31.0 Å². The first-order valence-corrected chi connectivity index (χ1v) is 6.67. The van der Waals surface area contributed by atoms with Crippen LogP contribution in [-0.2, 0) is 4.79 Å². The van der Waals surface area contributed by atoms with Gasteiger partial charge in [0.25, 0.3) is 0 Å². The van der Waals surface area contributed by atoms with E-state index in [1.807, 2.05) is 4.90 Å². The lowest BCUT2D eigenvalue weighted by Gasteiger charge is -2.46. The summed E-state index contributed by atoms with van der Waals surface area (Å²) in [6, 6.07) is 0. The molecule has 2 rings (SSSR count). The van der Waals surface area contributed by atoms with Crippen LogP contribution in [0.2, 0.25) is 0 Å². The quantitative estimate of drug-likeness (QED) is 0.757. The average Bonchev–Trinajstić information content (AvgIpc) is 2.22. The topological polar surface area (TPSA) is 35.6 Å². The van der Waals surface area contributed by atoms with Crippen molar-refractivity contribution in [3.63, 3.8) is 0 Å². The summed E-state index contributed by atoms with van der Waals surface area (Å²) >= 11 is 0. The van der Waals surface area contributed by atoms with Crippen molar-refractivity contribution in [2.24, 2.45) is 11.3 Å². The summed E-state index contributed by atoms with van der Waals surface area (Å²) in [5.41, 5.74) is 0.384. The van der Waals surface area contributed by atoms with E-state index in [0.29, 0.717) is 17.9 Å². The van der Waals surface area contributed by atoms with Crippen LogP contribution in [0.5, 0.6) is 0 Å². The lowest BCUT2D eigenvalue weighted by molar-refractivity contribution is -0.135. The van der Waals surface area contributed by atoms with Crippen molar-refractivity contribution >= 4 is 5.91 Å². The van der Waals surface area contributed by atoms with Gasteiger partial charge in [-0.1, -0.05) is 20.8 Å². The Hall–Kier alpha value is -0.610. The summed E-state index contributed by atoms with van der Waals surface area (Å²) in [5.74, 6) is 1.05. The standard InChI is InChI=1S/C13H25N3O/c1-13(2,3)11-8-15(9-11)10-12(17)16-6-4-14-5-7-16/h11,14H,4-10H2,1-3H3. The first kappa shape index (κ1) is 12.8. The molecular formula is C13H25N3O. The fourth-order valence-electron chi connectivity index (χ4n) is 2.45. The summed E-state index contributed by atoms with van der Waals surface area (Å²) < 4.78 is 0. The van der Waals surface area contributed by atoms with Crippen LogP contribution in [0.1, 0.15) is 20.8 Å². The van der Waals surface area contributed by atoms with Crippen molar-refractivity contribution in [3.8, 4) is 0 Å². The summed E-state index contributed by atoms with van der Waals surface area (Å²) in [6.45, 7) is 13.3. The summed E-state index contributed by atoms with van der Waals surface area (Å²) in [7, 11) is 0. The van der Waals surface area contributed by atoms with Crippen LogP contribution in [0.4, 0.5) is 0 Å². The molecule has 17 heavy (non-hydrogen) atoms. The minimum absolute atomic E-state index is 0.304. The van der Waals surface area contributed by atoms with Crippen molar-refractivity contribution in [3.05, 3.63) is 0 Å². The maximum atomic E-state index is 12.0. The second kappa shape index (κ2) is 4.94. The third-order valence-corrected chi connectivity index (χ3v) is 4.01. The van der Waals surface area contributed by atoms with Crippen molar-refractivity contribution in [1.82, 2.24) is 15.1 Å². The maximum Gasteiger partial charge on any atom is 0.236 e. The van der Waals surface area contributed by atoms with Crippen LogP contribution < -0.4 is 5.32 Å². The van der Waals surface area contributed by atoms with Crippen LogP contribution in [-0.4, -0.2) is 61.5 Å². The van der Waals surface area contributed by atoms with Gasteiger partial charge in [-0.15, -0.1) is 0 Å². The molecule has 98 valence electrons. The van der Waals surface area contributed by atoms with Crippen LogP contribution in [0, 0.1) is 11.3 Å². The molecule has 2 saturated heterocycles. The fourth-order valence-corrected chi connectivity index (χ4v) is 2.45. The Balaban J connectivity index is 1.71. The number of nitrogens with one attached hydrogen (secondary N) is 1. The Bertz CT molecular complexity index is 273. The average molecular weight is 239 g/mol. The fraction of sp³-hybridized carbons (Fsp3) is 0.923. The van der Waals surface area contributed by atoms with Crippen molar-refractivity contribution < 1.29 is 4.79 Å². The summed E-state index contributed by atoms with van der Waals surface area (Å²) in [6.07, 6.45) is 0. The Morgan fingerprint density at radius 3 is 2.35 bits per heavy atom. The van der Waals surface area contributed by atoms with E-state index in [9.17, 15) is 4.79 Å². The number of hydrogen-bond acceptors (Lipinski definition) is 3. The van der Waals surface area contributed by atoms with E-state index < -0.39 is 0 Å². The first-order chi connectivity index (χ1) is 7.97. The third kappa shape index (κ3) is 3.19. The number of likely N-dealkylation sites (tertiary alicyclic amines) is 1. The molecular weight excluding hydrogens is 214 g/mol. The molecule has 1 amide bonds. The highest BCUT2D eigenvalue weighted by Crippen LogP contribution is 2.33. The van der Waals surface area contributed by atoms with Gasteiger partial charge in [0.05, 0.1) is 6.54 Å². The number of nitrogens with zero attached hydrogens (tertiary/aromatic N) is 2. The van der Waals surface area contributed by atoms with E-state index in [-0.39, 0.29) is 0 Å². The van der Waals surface area contributed by atoms with Gasteiger partial charge in [0.15, 0.2) is 0 Å². The van der Waals surface area contributed by atoms with Gasteiger partial charge >= 0.3 is 0 Å².